The van der Waals surface area contributed by atoms with E-state index in [9.17, 15) is 9.59 Å². The SMILES string of the molecule is CCOc1ccc(-c2nc(C)c(C(=O)N(C)CC(=O)Nc3cccc(OC)c3)s2)cc1. The van der Waals surface area contributed by atoms with Gasteiger partial charge in [0.2, 0.25) is 5.91 Å². The number of nitrogens with one attached hydrogen (secondary N) is 1. The number of nitrogens with zero attached hydrogens (tertiary/aromatic N) is 2. The summed E-state index contributed by atoms with van der Waals surface area (Å²) in [5.41, 5.74) is 2.16. The van der Waals surface area contributed by atoms with Crippen LogP contribution in [-0.2, 0) is 4.79 Å². The molecule has 2 amide bonds. The fraction of sp³-hybridized carbons (Fsp3) is 0.261. The van der Waals surface area contributed by atoms with Crippen LogP contribution in [0.2, 0.25) is 0 Å². The second kappa shape index (κ2) is 10.1. The van der Waals surface area contributed by atoms with Crippen LogP contribution in [0.25, 0.3) is 10.6 Å². The lowest BCUT2D eigenvalue weighted by atomic mass is 10.2. The third kappa shape index (κ3) is 5.61. The van der Waals surface area contributed by atoms with Gasteiger partial charge in [-0.05, 0) is 50.2 Å². The van der Waals surface area contributed by atoms with Gasteiger partial charge in [-0.2, -0.15) is 0 Å². The Labute approximate surface area is 185 Å². The minimum absolute atomic E-state index is 0.0776. The number of aromatic nitrogens is 1. The van der Waals surface area contributed by atoms with Crippen LogP contribution in [0.5, 0.6) is 11.5 Å². The normalized spacial score (nSPS) is 10.5. The van der Waals surface area contributed by atoms with Gasteiger partial charge in [0.25, 0.3) is 5.91 Å². The molecule has 31 heavy (non-hydrogen) atoms. The number of likely N-dealkylation sites (N-methyl/N-ethyl adjacent to an activating group) is 1. The van der Waals surface area contributed by atoms with Crippen LogP contribution in [0.15, 0.2) is 48.5 Å². The van der Waals surface area contributed by atoms with Crippen molar-refractivity contribution < 1.29 is 19.1 Å². The molecule has 8 heteroatoms. The number of aryl methyl sites for hydroxylation is 1. The number of hydrogen-bond acceptors (Lipinski definition) is 6. The lowest BCUT2D eigenvalue weighted by Gasteiger charge is -2.16. The summed E-state index contributed by atoms with van der Waals surface area (Å²) in [4.78, 5) is 31.7. The molecule has 0 atom stereocenters. The highest BCUT2D eigenvalue weighted by Gasteiger charge is 2.21. The summed E-state index contributed by atoms with van der Waals surface area (Å²) in [5, 5.41) is 3.53. The van der Waals surface area contributed by atoms with Crippen molar-refractivity contribution in [3.63, 3.8) is 0 Å². The van der Waals surface area contributed by atoms with Crippen LogP contribution in [0.1, 0.15) is 22.3 Å². The van der Waals surface area contributed by atoms with Crippen molar-refractivity contribution in [1.29, 1.82) is 0 Å². The number of carbonyl (C=O) groups excluding carboxylic acids is 2. The summed E-state index contributed by atoms with van der Waals surface area (Å²) in [5.74, 6) is 0.896. The van der Waals surface area contributed by atoms with E-state index in [1.54, 1.807) is 45.3 Å². The number of methoxy groups -OCH3 is 1. The van der Waals surface area contributed by atoms with Gasteiger partial charge in [-0.15, -0.1) is 11.3 Å². The first-order valence-corrected chi connectivity index (χ1v) is 10.6. The first-order valence-electron chi connectivity index (χ1n) is 9.81. The van der Waals surface area contributed by atoms with Gasteiger partial charge < -0.3 is 19.7 Å². The smallest absolute Gasteiger partial charge is 0.266 e. The number of benzene rings is 2. The average molecular weight is 440 g/mol. The third-order valence-electron chi connectivity index (χ3n) is 4.48. The first-order chi connectivity index (χ1) is 14.9. The van der Waals surface area contributed by atoms with Crippen LogP contribution in [0.4, 0.5) is 5.69 Å². The quantitative estimate of drug-likeness (QED) is 0.568. The predicted molar refractivity (Wildman–Crippen MR) is 122 cm³/mol. The molecule has 0 spiro atoms. The molecule has 0 bridgehead atoms. The highest BCUT2D eigenvalue weighted by atomic mass is 32.1. The zero-order valence-corrected chi connectivity index (χ0v) is 18.8. The number of carbonyl (C=O) groups is 2. The van der Waals surface area contributed by atoms with Crippen molar-refractivity contribution in [2.24, 2.45) is 0 Å². The third-order valence-corrected chi connectivity index (χ3v) is 5.68. The van der Waals surface area contributed by atoms with Crippen molar-refractivity contribution in [3.05, 3.63) is 59.1 Å². The van der Waals surface area contributed by atoms with E-state index in [1.807, 2.05) is 31.2 Å². The van der Waals surface area contributed by atoms with Gasteiger partial charge in [-0.1, -0.05) is 6.07 Å². The fourth-order valence-electron chi connectivity index (χ4n) is 2.94. The topological polar surface area (TPSA) is 80.8 Å². The van der Waals surface area contributed by atoms with Crippen LogP contribution in [0.3, 0.4) is 0 Å². The Bertz CT molecular complexity index is 1060. The molecule has 1 aromatic heterocycles. The van der Waals surface area contributed by atoms with Gasteiger partial charge in [0.05, 0.1) is 26.0 Å². The maximum Gasteiger partial charge on any atom is 0.266 e. The zero-order chi connectivity index (χ0) is 22.4. The second-order valence-corrected chi connectivity index (χ2v) is 7.83. The van der Waals surface area contributed by atoms with Crippen LogP contribution < -0.4 is 14.8 Å². The minimum Gasteiger partial charge on any atom is -0.497 e. The summed E-state index contributed by atoms with van der Waals surface area (Å²) in [6, 6.07) is 14.7. The van der Waals surface area contributed by atoms with Crippen molar-refractivity contribution >= 4 is 28.8 Å². The number of rotatable bonds is 8. The second-order valence-electron chi connectivity index (χ2n) is 6.83. The number of ether oxygens (including phenoxy) is 2. The maximum atomic E-state index is 12.9. The Balaban J connectivity index is 1.66. The van der Waals surface area contributed by atoms with E-state index in [-0.39, 0.29) is 18.4 Å². The summed E-state index contributed by atoms with van der Waals surface area (Å²) in [6.45, 7) is 4.26. The molecule has 0 radical (unpaired) electrons. The standard InChI is InChI=1S/C23H25N3O4S/c1-5-30-18-11-9-16(10-12-18)22-24-15(2)21(31-22)23(28)26(3)14-20(27)25-17-7-6-8-19(13-17)29-4/h6-13H,5,14H2,1-4H3,(H,25,27). The van der Waals surface area contributed by atoms with Crippen molar-refractivity contribution in [3.8, 4) is 22.1 Å². The lowest BCUT2D eigenvalue weighted by Crippen LogP contribution is -2.34. The van der Waals surface area contributed by atoms with Gasteiger partial charge in [-0.25, -0.2) is 4.98 Å². The molecule has 0 saturated carbocycles. The van der Waals surface area contributed by atoms with Crippen molar-refractivity contribution in [2.45, 2.75) is 13.8 Å². The van der Waals surface area contributed by atoms with E-state index in [0.29, 0.717) is 28.6 Å². The Hall–Kier alpha value is -3.39. The van der Waals surface area contributed by atoms with Crippen molar-refractivity contribution in [2.75, 3.05) is 32.6 Å². The molecule has 7 nitrogen and oxygen atoms in total. The van der Waals surface area contributed by atoms with Gasteiger partial charge in [-0.3, -0.25) is 9.59 Å². The number of hydrogen-bond donors (Lipinski definition) is 1. The van der Waals surface area contributed by atoms with Crippen LogP contribution >= 0.6 is 11.3 Å². The number of thiazole rings is 1. The largest absolute Gasteiger partial charge is 0.497 e. The molecular formula is C23H25N3O4S. The summed E-state index contributed by atoms with van der Waals surface area (Å²) < 4.78 is 10.6. The van der Waals surface area contributed by atoms with Gasteiger partial charge in [0.15, 0.2) is 0 Å². The maximum absolute atomic E-state index is 12.9. The van der Waals surface area contributed by atoms with Gasteiger partial charge >= 0.3 is 0 Å². The zero-order valence-electron chi connectivity index (χ0n) is 18.0. The van der Waals surface area contributed by atoms with Gasteiger partial charge in [0, 0.05) is 24.4 Å². The summed E-state index contributed by atoms with van der Waals surface area (Å²) >= 11 is 1.31. The molecule has 0 aliphatic carbocycles. The molecular weight excluding hydrogens is 414 g/mol. The monoisotopic (exact) mass is 439 g/mol. The number of amides is 2. The Morgan fingerprint density at radius 3 is 2.55 bits per heavy atom. The Kier molecular flexibility index (Phi) is 7.25. The molecule has 1 heterocycles. The molecule has 0 unspecified atom stereocenters. The molecule has 0 fully saturated rings. The minimum atomic E-state index is -0.294. The molecule has 0 aliphatic rings. The molecule has 3 aromatic rings. The fourth-order valence-corrected chi connectivity index (χ4v) is 4.01. The van der Waals surface area contributed by atoms with E-state index < -0.39 is 0 Å². The Morgan fingerprint density at radius 1 is 1.13 bits per heavy atom. The molecule has 2 aromatic carbocycles. The molecule has 3 rings (SSSR count). The summed E-state index contributed by atoms with van der Waals surface area (Å²) in [6.07, 6.45) is 0. The first kappa shape index (κ1) is 22.3. The van der Waals surface area contributed by atoms with Crippen molar-refractivity contribution in [1.82, 2.24) is 9.88 Å². The molecule has 0 saturated heterocycles. The summed E-state index contributed by atoms with van der Waals surface area (Å²) in [7, 11) is 3.16. The Morgan fingerprint density at radius 2 is 1.87 bits per heavy atom. The highest BCUT2D eigenvalue weighted by molar-refractivity contribution is 7.17. The van der Waals surface area contributed by atoms with Crippen LogP contribution in [-0.4, -0.2) is 49.0 Å². The van der Waals surface area contributed by atoms with E-state index in [1.165, 1.54) is 16.2 Å². The molecule has 1 N–H and O–H groups in total. The van der Waals surface area contributed by atoms with E-state index in [2.05, 4.69) is 10.3 Å². The van der Waals surface area contributed by atoms with E-state index >= 15 is 0 Å². The molecule has 0 aliphatic heterocycles. The van der Waals surface area contributed by atoms with Crippen LogP contribution in [0, 0.1) is 6.92 Å². The predicted octanol–water partition coefficient (Wildman–Crippen LogP) is 4.24. The molecule has 162 valence electrons. The van der Waals surface area contributed by atoms with Gasteiger partial charge in [0.1, 0.15) is 21.4 Å². The van der Waals surface area contributed by atoms with E-state index in [0.717, 1.165) is 16.3 Å². The number of anilines is 1. The highest BCUT2D eigenvalue weighted by Crippen LogP contribution is 2.30. The lowest BCUT2D eigenvalue weighted by molar-refractivity contribution is -0.116. The van der Waals surface area contributed by atoms with E-state index in [4.69, 9.17) is 9.47 Å². The average Bonchev–Trinajstić information content (AvgIpc) is 3.15.